The lowest BCUT2D eigenvalue weighted by molar-refractivity contribution is 0.0524. The summed E-state index contributed by atoms with van der Waals surface area (Å²) in [4.78, 5) is 28.0. The van der Waals surface area contributed by atoms with Gasteiger partial charge in [0, 0.05) is 24.3 Å². The summed E-state index contributed by atoms with van der Waals surface area (Å²) in [6, 6.07) is 5.82. The predicted molar refractivity (Wildman–Crippen MR) is 122 cm³/mol. The highest BCUT2D eigenvalue weighted by Crippen LogP contribution is 2.20. The van der Waals surface area contributed by atoms with Crippen molar-refractivity contribution in [2.75, 3.05) is 32.9 Å². The summed E-state index contributed by atoms with van der Waals surface area (Å²) in [6.45, 7) is 8.43. The smallest absolute Gasteiger partial charge is 0.340 e. The van der Waals surface area contributed by atoms with Crippen molar-refractivity contribution in [1.29, 1.82) is 0 Å². The second kappa shape index (κ2) is 10.3. The monoisotopic (exact) mass is 476 g/mol. The Morgan fingerprint density at radius 2 is 1.94 bits per heavy atom. The number of ether oxygens (including phenoxy) is 2. The molecule has 1 aromatic heterocycles. The number of nitrogens with one attached hydrogen (secondary N) is 2. The molecule has 1 aromatic carbocycles. The molecule has 3 rings (SSSR count). The van der Waals surface area contributed by atoms with Crippen LogP contribution in [0.4, 0.5) is 0 Å². The van der Waals surface area contributed by atoms with E-state index >= 15 is 0 Å². The molecule has 1 saturated heterocycles. The molecule has 1 aliphatic heterocycles. The number of rotatable bonds is 7. The third-order valence-corrected chi connectivity index (χ3v) is 7.20. The predicted octanol–water partition coefficient (Wildman–Crippen LogP) is 1.98. The first-order valence-corrected chi connectivity index (χ1v) is 12.0. The van der Waals surface area contributed by atoms with Crippen LogP contribution >= 0.6 is 0 Å². The summed E-state index contributed by atoms with van der Waals surface area (Å²) in [7, 11) is -3.72. The van der Waals surface area contributed by atoms with Crippen LogP contribution in [0.25, 0.3) is 0 Å². The van der Waals surface area contributed by atoms with Crippen molar-refractivity contribution in [3.05, 3.63) is 52.3 Å². The highest BCUT2D eigenvalue weighted by Gasteiger charge is 2.27. The zero-order chi connectivity index (χ0) is 24.2. The van der Waals surface area contributed by atoms with Crippen molar-refractivity contribution in [1.82, 2.24) is 14.7 Å². The minimum Gasteiger partial charge on any atom is -0.462 e. The molecule has 2 N–H and O–H groups in total. The highest BCUT2D eigenvalue weighted by molar-refractivity contribution is 7.89. The zero-order valence-electron chi connectivity index (χ0n) is 19.1. The molecule has 0 spiro atoms. The number of aromatic nitrogens is 1. The fourth-order valence-electron chi connectivity index (χ4n) is 3.61. The van der Waals surface area contributed by atoms with Gasteiger partial charge in [0.15, 0.2) is 0 Å². The number of nitrogens with zero attached hydrogens (tertiary/aromatic N) is 2. The summed E-state index contributed by atoms with van der Waals surface area (Å²) in [5.41, 5.74) is 5.41. The van der Waals surface area contributed by atoms with Gasteiger partial charge in [-0.05, 0) is 51.5 Å². The Labute approximate surface area is 193 Å². The summed E-state index contributed by atoms with van der Waals surface area (Å²) in [6.07, 6.45) is 0. The average molecular weight is 477 g/mol. The number of carbonyl (C=O) groups is 2. The Morgan fingerprint density at radius 3 is 2.61 bits per heavy atom. The second-order valence-electron chi connectivity index (χ2n) is 7.53. The number of aryl methyl sites for hydroxylation is 1. The van der Waals surface area contributed by atoms with Crippen LogP contribution in [-0.4, -0.2) is 68.2 Å². The van der Waals surface area contributed by atoms with Gasteiger partial charge in [-0.1, -0.05) is 6.07 Å². The minimum atomic E-state index is -3.72. The van der Waals surface area contributed by atoms with Crippen molar-refractivity contribution >= 4 is 27.6 Å². The van der Waals surface area contributed by atoms with Gasteiger partial charge in [0.25, 0.3) is 5.91 Å². The van der Waals surface area contributed by atoms with Gasteiger partial charge in [0.05, 0.1) is 41.7 Å². The Bertz CT molecular complexity index is 1180. The van der Waals surface area contributed by atoms with E-state index in [4.69, 9.17) is 9.47 Å². The van der Waals surface area contributed by atoms with Crippen molar-refractivity contribution < 1.29 is 27.5 Å². The number of benzene rings is 1. The first-order chi connectivity index (χ1) is 15.7. The number of carbonyl (C=O) groups excluding carboxylic acids is 2. The van der Waals surface area contributed by atoms with E-state index in [1.165, 1.54) is 28.6 Å². The van der Waals surface area contributed by atoms with Gasteiger partial charge in [0.1, 0.15) is 0 Å². The number of morpholine rings is 1. The molecule has 0 aliphatic carbocycles. The Morgan fingerprint density at radius 1 is 1.24 bits per heavy atom. The molecular formula is C22H28N4O6S. The van der Waals surface area contributed by atoms with Crippen molar-refractivity contribution in [3.8, 4) is 0 Å². The van der Waals surface area contributed by atoms with Gasteiger partial charge >= 0.3 is 5.97 Å². The number of hydrogen-bond donors (Lipinski definition) is 2. The number of aromatic amines is 1. The summed E-state index contributed by atoms with van der Waals surface area (Å²) < 4.78 is 37.4. The molecular weight excluding hydrogens is 448 g/mol. The maximum absolute atomic E-state index is 12.9. The molecule has 11 heteroatoms. The normalized spacial score (nSPS) is 15.3. The van der Waals surface area contributed by atoms with Crippen LogP contribution in [0, 0.1) is 13.8 Å². The zero-order valence-corrected chi connectivity index (χ0v) is 19.9. The third-order valence-electron chi connectivity index (χ3n) is 5.31. The van der Waals surface area contributed by atoms with Crippen molar-refractivity contribution in [2.45, 2.75) is 32.6 Å². The summed E-state index contributed by atoms with van der Waals surface area (Å²) in [5.74, 6) is -0.981. The Kier molecular flexibility index (Phi) is 7.67. The van der Waals surface area contributed by atoms with E-state index in [2.05, 4.69) is 15.5 Å². The lowest BCUT2D eigenvalue weighted by atomic mass is 10.1. The lowest BCUT2D eigenvalue weighted by Gasteiger charge is -2.26. The number of sulfonamides is 1. The first kappa shape index (κ1) is 24.6. The molecule has 2 aromatic rings. The number of amides is 1. The number of hydrogen-bond acceptors (Lipinski definition) is 7. The number of H-pyrrole nitrogens is 1. The van der Waals surface area contributed by atoms with Crippen LogP contribution in [0.15, 0.2) is 34.3 Å². The fraction of sp³-hybridized carbons (Fsp3) is 0.409. The van der Waals surface area contributed by atoms with E-state index in [9.17, 15) is 18.0 Å². The fourth-order valence-corrected chi connectivity index (χ4v) is 5.06. The summed E-state index contributed by atoms with van der Waals surface area (Å²) in [5, 5.41) is 4.13. The minimum absolute atomic E-state index is 0.0349. The Hall–Kier alpha value is -3.02. The molecule has 178 valence electrons. The molecule has 0 saturated carbocycles. The quantitative estimate of drug-likeness (QED) is 0.357. The molecule has 2 heterocycles. The molecule has 1 fully saturated rings. The average Bonchev–Trinajstić information content (AvgIpc) is 3.12. The standard InChI is InChI=1S/C22H28N4O6S/c1-5-32-22(28)19-14(2)20(23-15(19)3)16(4)24-25-21(27)17-7-6-8-18(13-17)33(29,30)26-9-11-31-12-10-26/h6-8,13,23H,5,9-12H2,1-4H3,(H,25,27)/b24-16+. The topological polar surface area (TPSA) is 130 Å². The van der Waals surface area contributed by atoms with E-state index in [1.54, 1.807) is 27.7 Å². The molecule has 10 nitrogen and oxygen atoms in total. The van der Waals surface area contributed by atoms with Crippen LogP contribution in [0.1, 0.15) is 51.5 Å². The third kappa shape index (κ3) is 5.32. The molecule has 0 unspecified atom stereocenters. The van der Waals surface area contributed by atoms with E-state index in [0.29, 0.717) is 41.4 Å². The molecule has 0 radical (unpaired) electrons. The van der Waals surface area contributed by atoms with Crippen LogP contribution in [0.2, 0.25) is 0 Å². The molecule has 0 bridgehead atoms. The van der Waals surface area contributed by atoms with E-state index in [-0.39, 0.29) is 30.2 Å². The lowest BCUT2D eigenvalue weighted by Crippen LogP contribution is -2.40. The SMILES string of the molecule is CCOC(=O)c1c(C)[nH]c(/C(C)=N/NC(=O)c2cccc(S(=O)(=O)N3CCOCC3)c2)c1C. The van der Waals surface area contributed by atoms with Gasteiger partial charge < -0.3 is 14.5 Å². The highest BCUT2D eigenvalue weighted by atomic mass is 32.2. The maximum atomic E-state index is 12.9. The molecule has 1 aliphatic rings. The Balaban J connectivity index is 1.78. The van der Waals surface area contributed by atoms with Crippen molar-refractivity contribution in [2.24, 2.45) is 5.10 Å². The van der Waals surface area contributed by atoms with Crippen molar-refractivity contribution in [3.63, 3.8) is 0 Å². The van der Waals surface area contributed by atoms with Crippen LogP contribution < -0.4 is 5.43 Å². The number of hydrazone groups is 1. The van der Waals surface area contributed by atoms with E-state index in [0.717, 1.165) is 0 Å². The van der Waals surface area contributed by atoms with Crippen LogP contribution in [0.5, 0.6) is 0 Å². The van der Waals surface area contributed by atoms with Gasteiger partial charge in [-0.2, -0.15) is 9.41 Å². The van der Waals surface area contributed by atoms with Crippen LogP contribution in [-0.2, 0) is 19.5 Å². The van der Waals surface area contributed by atoms with Gasteiger partial charge in [-0.15, -0.1) is 0 Å². The maximum Gasteiger partial charge on any atom is 0.340 e. The van der Waals surface area contributed by atoms with E-state index < -0.39 is 21.9 Å². The van der Waals surface area contributed by atoms with E-state index in [1.807, 2.05) is 0 Å². The second-order valence-corrected chi connectivity index (χ2v) is 9.47. The van der Waals surface area contributed by atoms with Gasteiger partial charge in [-0.25, -0.2) is 18.6 Å². The molecule has 1 amide bonds. The number of esters is 1. The first-order valence-electron chi connectivity index (χ1n) is 10.6. The largest absolute Gasteiger partial charge is 0.462 e. The summed E-state index contributed by atoms with van der Waals surface area (Å²) >= 11 is 0. The van der Waals surface area contributed by atoms with Gasteiger partial charge in [0.2, 0.25) is 10.0 Å². The molecule has 33 heavy (non-hydrogen) atoms. The van der Waals surface area contributed by atoms with Gasteiger partial charge in [-0.3, -0.25) is 4.79 Å². The van der Waals surface area contributed by atoms with Crippen LogP contribution in [0.3, 0.4) is 0 Å². The molecule has 0 atom stereocenters.